The number of carbonyl (C=O) groups is 1. The first kappa shape index (κ1) is 17.8. The highest BCUT2D eigenvalue weighted by atomic mass is 35.5. The van der Waals surface area contributed by atoms with Crippen LogP contribution in [0.5, 0.6) is 11.5 Å². The van der Waals surface area contributed by atoms with Crippen molar-refractivity contribution in [2.45, 2.75) is 13.0 Å². The van der Waals surface area contributed by atoms with Gasteiger partial charge in [-0.15, -0.1) is 0 Å². The van der Waals surface area contributed by atoms with E-state index in [4.69, 9.17) is 25.7 Å². The van der Waals surface area contributed by atoms with Gasteiger partial charge in [-0.2, -0.15) is 0 Å². The van der Waals surface area contributed by atoms with E-state index in [-0.39, 0.29) is 5.82 Å². The number of hydrogen-bond donors (Lipinski definition) is 1. The van der Waals surface area contributed by atoms with Crippen molar-refractivity contribution in [2.24, 2.45) is 0 Å². The number of methoxy groups -OCH3 is 1. The molecule has 1 N–H and O–H groups in total. The number of nitrogens with zero attached hydrogens (tertiary/aromatic N) is 2. The number of hydrogen-bond acceptors (Lipinski definition) is 6. The summed E-state index contributed by atoms with van der Waals surface area (Å²) in [6, 6.07) is 14.0. The van der Waals surface area contributed by atoms with Gasteiger partial charge in [0.25, 0.3) is 5.91 Å². The molecular formula is C18H16ClN3O4. The van der Waals surface area contributed by atoms with Gasteiger partial charge in [-0.05, 0) is 41.5 Å². The number of amides is 1. The van der Waals surface area contributed by atoms with Crippen molar-refractivity contribution in [2.75, 3.05) is 12.4 Å². The second-order valence-corrected chi connectivity index (χ2v) is 5.80. The molecule has 0 spiro atoms. The van der Waals surface area contributed by atoms with Crippen LogP contribution in [0.25, 0.3) is 11.3 Å². The van der Waals surface area contributed by atoms with E-state index in [1.807, 2.05) is 6.07 Å². The van der Waals surface area contributed by atoms with E-state index in [2.05, 4.69) is 15.6 Å². The van der Waals surface area contributed by atoms with Crippen molar-refractivity contribution in [3.05, 3.63) is 53.6 Å². The largest absolute Gasteiger partial charge is 0.493 e. The average molecular weight is 374 g/mol. The first-order valence-corrected chi connectivity index (χ1v) is 8.15. The monoisotopic (exact) mass is 373 g/mol. The Balaban J connectivity index is 1.72. The molecule has 2 aromatic carbocycles. The number of anilines is 1. The number of aromatic nitrogens is 2. The molecule has 3 aromatic rings. The minimum atomic E-state index is -0.791. The Bertz CT molecular complexity index is 895. The van der Waals surface area contributed by atoms with Crippen molar-refractivity contribution in [3.8, 4) is 22.8 Å². The van der Waals surface area contributed by atoms with E-state index >= 15 is 0 Å². The van der Waals surface area contributed by atoms with Gasteiger partial charge in [0.1, 0.15) is 0 Å². The standard InChI is InChI=1S/C18H16ClN3O4/c1-11(25-15-6-4-3-5-14(15)24-2)18(23)20-17-16(21-26-22-17)12-7-9-13(19)10-8-12/h3-11H,1-2H3,(H,20,22,23)/t11-/m1/s1. The van der Waals surface area contributed by atoms with E-state index in [0.29, 0.717) is 27.8 Å². The van der Waals surface area contributed by atoms with Crippen LogP contribution in [-0.2, 0) is 4.79 Å². The molecule has 0 fully saturated rings. The molecule has 3 rings (SSSR count). The molecule has 134 valence electrons. The van der Waals surface area contributed by atoms with Crippen LogP contribution >= 0.6 is 11.6 Å². The van der Waals surface area contributed by atoms with Gasteiger partial charge >= 0.3 is 0 Å². The van der Waals surface area contributed by atoms with Crippen molar-refractivity contribution in [1.29, 1.82) is 0 Å². The van der Waals surface area contributed by atoms with Gasteiger partial charge in [0.15, 0.2) is 23.3 Å². The summed E-state index contributed by atoms with van der Waals surface area (Å²) in [7, 11) is 1.53. The number of carbonyl (C=O) groups excluding carboxylic acids is 1. The first-order valence-electron chi connectivity index (χ1n) is 7.77. The number of benzene rings is 2. The van der Waals surface area contributed by atoms with Gasteiger partial charge in [0.2, 0.25) is 5.82 Å². The Labute approximate surface area is 154 Å². The maximum absolute atomic E-state index is 12.4. The molecule has 0 radical (unpaired) electrons. The zero-order chi connectivity index (χ0) is 18.5. The molecule has 26 heavy (non-hydrogen) atoms. The van der Waals surface area contributed by atoms with Crippen LogP contribution in [0.1, 0.15) is 6.92 Å². The predicted molar refractivity (Wildman–Crippen MR) is 96.5 cm³/mol. The van der Waals surface area contributed by atoms with Gasteiger partial charge in [-0.3, -0.25) is 4.79 Å². The highest BCUT2D eigenvalue weighted by molar-refractivity contribution is 6.30. The molecule has 7 nitrogen and oxygen atoms in total. The SMILES string of the molecule is COc1ccccc1O[C@H](C)C(=O)Nc1nonc1-c1ccc(Cl)cc1. The summed E-state index contributed by atoms with van der Waals surface area (Å²) in [4.78, 5) is 12.4. The summed E-state index contributed by atoms with van der Waals surface area (Å²) >= 11 is 5.88. The lowest BCUT2D eigenvalue weighted by atomic mass is 10.1. The van der Waals surface area contributed by atoms with Crippen LogP contribution < -0.4 is 14.8 Å². The fraction of sp³-hybridized carbons (Fsp3) is 0.167. The molecule has 0 saturated carbocycles. The van der Waals surface area contributed by atoms with Crippen LogP contribution in [0.4, 0.5) is 5.82 Å². The summed E-state index contributed by atoms with van der Waals surface area (Å²) in [6.45, 7) is 1.62. The lowest BCUT2D eigenvalue weighted by Crippen LogP contribution is -2.30. The maximum atomic E-state index is 12.4. The number of rotatable bonds is 6. The van der Waals surface area contributed by atoms with Gasteiger partial charge < -0.3 is 14.8 Å². The van der Waals surface area contributed by atoms with Gasteiger partial charge in [-0.1, -0.05) is 35.9 Å². The Hall–Kier alpha value is -3.06. The fourth-order valence-corrected chi connectivity index (χ4v) is 2.37. The van der Waals surface area contributed by atoms with Crippen molar-refractivity contribution < 1.29 is 18.9 Å². The molecular weight excluding hydrogens is 358 g/mol. The molecule has 1 atom stereocenters. The minimum Gasteiger partial charge on any atom is -0.493 e. The molecule has 0 bridgehead atoms. The van der Waals surface area contributed by atoms with E-state index in [1.54, 1.807) is 49.4 Å². The normalized spacial score (nSPS) is 11.7. The summed E-state index contributed by atoms with van der Waals surface area (Å²) in [5.41, 5.74) is 1.11. The van der Waals surface area contributed by atoms with Gasteiger partial charge in [0, 0.05) is 10.6 Å². The molecule has 8 heteroatoms. The van der Waals surface area contributed by atoms with E-state index in [1.165, 1.54) is 7.11 Å². The molecule has 0 aliphatic carbocycles. The second kappa shape index (κ2) is 7.88. The summed E-state index contributed by atoms with van der Waals surface area (Å²) < 4.78 is 15.6. The number of nitrogens with one attached hydrogen (secondary N) is 1. The Morgan fingerprint density at radius 3 is 2.50 bits per heavy atom. The van der Waals surface area contributed by atoms with Gasteiger partial charge in [-0.25, -0.2) is 4.63 Å². The molecule has 1 heterocycles. The zero-order valence-electron chi connectivity index (χ0n) is 14.1. The number of halogens is 1. The van der Waals surface area contributed by atoms with Crippen molar-refractivity contribution in [3.63, 3.8) is 0 Å². The van der Waals surface area contributed by atoms with E-state index in [9.17, 15) is 4.79 Å². The van der Waals surface area contributed by atoms with Crippen LogP contribution in [0, 0.1) is 0 Å². The Morgan fingerprint density at radius 2 is 1.81 bits per heavy atom. The zero-order valence-corrected chi connectivity index (χ0v) is 14.9. The van der Waals surface area contributed by atoms with Gasteiger partial charge in [0.05, 0.1) is 7.11 Å². The number of ether oxygens (including phenoxy) is 2. The molecule has 0 saturated heterocycles. The van der Waals surface area contributed by atoms with Crippen molar-refractivity contribution in [1.82, 2.24) is 10.3 Å². The third-order valence-electron chi connectivity index (χ3n) is 3.59. The van der Waals surface area contributed by atoms with Crippen LogP contribution in [-0.4, -0.2) is 29.4 Å². The summed E-state index contributed by atoms with van der Waals surface area (Å²) in [5, 5.41) is 10.8. The van der Waals surface area contributed by atoms with Crippen molar-refractivity contribution >= 4 is 23.3 Å². The third kappa shape index (κ3) is 3.94. The minimum absolute atomic E-state index is 0.202. The topological polar surface area (TPSA) is 86.5 Å². The van der Waals surface area contributed by atoms with E-state index < -0.39 is 12.0 Å². The van der Waals surface area contributed by atoms with Crippen LogP contribution in [0.2, 0.25) is 5.02 Å². The molecule has 0 aliphatic rings. The average Bonchev–Trinajstić information content (AvgIpc) is 3.10. The fourth-order valence-electron chi connectivity index (χ4n) is 2.25. The first-order chi connectivity index (χ1) is 12.6. The van der Waals surface area contributed by atoms with Crippen LogP contribution in [0.15, 0.2) is 53.2 Å². The lowest BCUT2D eigenvalue weighted by molar-refractivity contribution is -0.122. The highest BCUT2D eigenvalue weighted by Gasteiger charge is 2.21. The smallest absolute Gasteiger partial charge is 0.266 e. The Morgan fingerprint density at radius 1 is 1.12 bits per heavy atom. The third-order valence-corrected chi connectivity index (χ3v) is 3.84. The predicted octanol–water partition coefficient (Wildman–Crippen LogP) is 3.80. The highest BCUT2D eigenvalue weighted by Crippen LogP contribution is 2.28. The quantitative estimate of drug-likeness (QED) is 0.707. The molecule has 1 amide bonds. The molecule has 1 aromatic heterocycles. The molecule has 0 aliphatic heterocycles. The maximum Gasteiger partial charge on any atom is 0.266 e. The lowest BCUT2D eigenvalue weighted by Gasteiger charge is -2.16. The molecule has 0 unspecified atom stereocenters. The van der Waals surface area contributed by atoms with Crippen LogP contribution in [0.3, 0.4) is 0 Å². The Kier molecular flexibility index (Phi) is 5.38. The summed E-state index contributed by atoms with van der Waals surface area (Å²) in [6.07, 6.45) is -0.791. The number of para-hydroxylation sites is 2. The summed E-state index contributed by atoms with van der Waals surface area (Å²) in [5.74, 6) is 0.806. The second-order valence-electron chi connectivity index (χ2n) is 5.37. The van der Waals surface area contributed by atoms with E-state index in [0.717, 1.165) is 0 Å².